The molecule has 0 spiro atoms. The van der Waals surface area contributed by atoms with Crippen LogP contribution in [-0.4, -0.2) is 63.2 Å². The number of ether oxygens (including phenoxy) is 1. The van der Waals surface area contributed by atoms with E-state index in [1.165, 1.54) is 13.2 Å². The second-order valence-corrected chi connectivity index (χ2v) is 9.40. The monoisotopic (exact) mass is 532 g/mol. The minimum Gasteiger partial charge on any atom is -0.507 e. The van der Waals surface area contributed by atoms with Gasteiger partial charge in [0.15, 0.2) is 11.5 Å². The van der Waals surface area contributed by atoms with Gasteiger partial charge in [0.2, 0.25) is 5.91 Å². The molecular weight excluding hydrogens is 504 g/mol. The maximum Gasteiger partial charge on any atom is 0.275 e. The quantitative estimate of drug-likeness (QED) is 0.157. The molecule has 0 fully saturated rings. The first-order valence-electron chi connectivity index (χ1n) is 11.2. The van der Waals surface area contributed by atoms with Gasteiger partial charge in [-0.15, -0.1) is 0 Å². The van der Waals surface area contributed by atoms with Crippen molar-refractivity contribution < 1.29 is 34.3 Å². The number of carbonyl (C=O) groups is 2. The predicted octanol–water partition coefficient (Wildman–Crippen LogP) is 3.76. The number of halogens is 1. The minimum absolute atomic E-state index is 0.00159. The zero-order valence-corrected chi connectivity index (χ0v) is 21.8. The molecule has 2 amide bonds. The van der Waals surface area contributed by atoms with Crippen LogP contribution in [0.5, 0.6) is 17.2 Å². The van der Waals surface area contributed by atoms with Crippen molar-refractivity contribution in [3.63, 3.8) is 0 Å². The summed E-state index contributed by atoms with van der Waals surface area (Å²) < 4.78 is 10.8. The lowest BCUT2D eigenvalue weighted by Crippen LogP contribution is -2.58. The summed E-state index contributed by atoms with van der Waals surface area (Å²) in [6.07, 6.45) is -0.00159. The minimum atomic E-state index is -0.952. The maximum atomic E-state index is 13.5. The molecule has 1 aromatic heterocycles. The van der Waals surface area contributed by atoms with E-state index in [2.05, 4.69) is 10.5 Å². The standard InChI is InChI=1S/C25H29ClN4O7/c1-13(10-20(33)28-35)30(4)25(2,3)27-24(34)22-21(14-6-8-15(36-5)9-7-14)23(37-29-22)16-11-17(26)19(32)12-18(16)31/h6-9,11-13,31-32,35H,10H2,1-5H3,(H,27,34)(H,28,33). The van der Waals surface area contributed by atoms with E-state index >= 15 is 0 Å². The lowest BCUT2D eigenvalue weighted by Gasteiger charge is -2.40. The number of nitrogens with zero attached hydrogens (tertiary/aromatic N) is 2. The molecule has 11 nitrogen and oxygen atoms in total. The third kappa shape index (κ3) is 5.96. The SMILES string of the molecule is COc1ccc(-c2c(C(=O)NC(C)(C)N(C)C(C)CC(=O)NO)noc2-c2cc(Cl)c(O)cc2O)cc1. The van der Waals surface area contributed by atoms with Crippen LogP contribution in [0.15, 0.2) is 40.9 Å². The highest BCUT2D eigenvalue weighted by molar-refractivity contribution is 6.32. The van der Waals surface area contributed by atoms with Gasteiger partial charge in [-0.3, -0.25) is 19.7 Å². The lowest BCUT2D eigenvalue weighted by molar-refractivity contribution is -0.130. The summed E-state index contributed by atoms with van der Waals surface area (Å²) in [7, 11) is 3.25. The smallest absolute Gasteiger partial charge is 0.275 e. The van der Waals surface area contributed by atoms with E-state index in [1.54, 1.807) is 62.5 Å². The summed E-state index contributed by atoms with van der Waals surface area (Å²) in [5.41, 5.74) is 1.54. The highest BCUT2D eigenvalue weighted by Gasteiger charge is 2.33. The van der Waals surface area contributed by atoms with Gasteiger partial charge >= 0.3 is 0 Å². The van der Waals surface area contributed by atoms with E-state index in [0.717, 1.165) is 6.07 Å². The molecule has 1 unspecified atom stereocenters. The topological polar surface area (TPSA) is 157 Å². The molecule has 0 radical (unpaired) electrons. The van der Waals surface area contributed by atoms with Gasteiger partial charge in [0.05, 0.1) is 28.9 Å². The molecule has 0 saturated carbocycles. The molecule has 2 aromatic carbocycles. The van der Waals surface area contributed by atoms with Gasteiger partial charge in [0.25, 0.3) is 5.91 Å². The van der Waals surface area contributed by atoms with Crippen LogP contribution in [0, 0.1) is 0 Å². The van der Waals surface area contributed by atoms with Gasteiger partial charge < -0.3 is 24.8 Å². The van der Waals surface area contributed by atoms with Crippen molar-refractivity contribution >= 4 is 23.4 Å². The largest absolute Gasteiger partial charge is 0.507 e. The highest BCUT2D eigenvalue weighted by Crippen LogP contribution is 2.43. The molecule has 1 atom stereocenters. The third-order valence-corrected chi connectivity index (χ3v) is 6.47. The van der Waals surface area contributed by atoms with Crippen LogP contribution in [0.3, 0.4) is 0 Å². The van der Waals surface area contributed by atoms with Gasteiger partial charge in [0.1, 0.15) is 17.2 Å². The Morgan fingerprint density at radius 2 is 1.84 bits per heavy atom. The summed E-state index contributed by atoms with van der Waals surface area (Å²) in [4.78, 5) is 26.9. The van der Waals surface area contributed by atoms with Crippen LogP contribution < -0.4 is 15.5 Å². The fourth-order valence-corrected chi connectivity index (χ4v) is 3.98. The van der Waals surface area contributed by atoms with E-state index in [0.29, 0.717) is 11.3 Å². The zero-order chi connectivity index (χ0) is 27.5. The number of methoxy groups -OCH3 is 1. The molecule has 0 aliphatic rings. The van der Waals surface area contributed by atoms with E-state index in [-0.39, 0.29) is 51.6 Å². The molecule has 3 aromatic rings. The molecule has 0 bridgehead atoms. The Morgan fingerprint density at radius 3 is 2.43 bits per heavy atom. The summed E-state index contributed by atoms with van der Waals surface area (Å²) in [6.45, 7) is 5.27. The number of nitrogens with one attached hydrogen (secondary N) is 2. The number of phenols is 2. The van der Waals surface area contributed by atoms with Crippen molar-refractivity contribution in [2.45, 2.75) is 38.9 Å². The number of hydroxylamine groups is 1. The molecule has 0 aliphatic heterocycles. The first-order valence-corrected chi connectivity index (χ1v) is 11.6. The molecule has 0 saturated heterocycles. The normalized spacial score (nSPS) is 12.3. The van der Waals surface area contributed by atoms with Crippen molar-refractivity contribution in [3.05, 3.63) is 47.1 Å². The molecule has 1 heterocycles. The summed E-state index contributed by atoms with van der Waals surface area (Å²) in [5, 5.41) is 36.0. The molecule has 3 rings (SSSR count). The second-order valence-electron chi connectivity index (χ2n) is 9.00. The fraction of sp³-hybridized carbons (Fsp3) is 0.320. The Labute approximate surface area is 218 Å². The van der Waals surface area contributed by atoms with Crippen LogP contribution >= 0.6 is 11.6 Å². The number of aromatic nitrogens is 1. The number of amides is 2. The van der Waals surface area contributed by atoms with Crippen LogP contribution in [-0.2, 0) is 4.79 Å². The molecule has 198 valence electrons. The van der Waals surface area contributed by atoms with Crippen molar-refractivity contribution in [1.29, 1.82) is 0 Å². The first-order chi connectivity index (χ1) is 17.4. The Morgan fingerprint density at radius 1 is 1.19 bits per heavy atom. The number of rotatable bonds is 9. The Balaban J connectivity index is 2.05. The van der Waals surface area contributed by atoms with Crippen LogP contribution in [0.2, 0.25) is 5.02 Å². The van der Waals surface area contributed by atoms with E-state index < -0.39 is 17.5 Å². The molecule has 0 aliphatic carbocycles. The van der Waals surface area contributed by atoms with Crippen molar-refractivity contribution in [1.82, 2.24) is 20.9 Å². The number of phenolic OH excluding ortho intramolecular Hbond substituents is 2. The second kappa shape index (κ2) is 11.1. The molecule has 37 heavy (non-hydrogen) atoms. The van der Waals surface area contributed by atoms with Crippen LogP contribution in [0.1, 0.15) is 37.7 Å². The van der Waals surface area contributed by atoms with Gasteiger partial charge in [-0.05, 0) is 51.6 Å². The van der Waals surface area contributed by atoms with Gasteiger partial charge in [-0.25, -0.2) is 5.48 Å². The Hall–Kier alpha value is -3.80. The van der Waals surface area contributed by atoms with E-state index in [9.17, 15) is 19.8 Å². The van der Waals surface area contributed by atoms with Crippen molar-refractivity contribution in [3.8, 4) is 39.7 Å². The van der Waals surface area contributed by atoms with E-state index in [1.807, 2.05) is 0 Å². The van der Waals surface area contributed by atoms with Crippen molar-refractivity contribution in [2.24, 2.45) is 0 Å². The predicted molar refractivity (Wildman–Crippen MR) is 136 cm³/mol. The number of hydrogen-bond donors (Lipinski definition) is 5. The average Bonchev–Trinajstić information content (AvgIpc) is 3.30. The van der Waals surface area contributed by atoms with Crippen LogP contribution in [0.4, 0.5) is 0 Å². The van der Waals surface area contributed by atoms with Gasteiger partial charge in [0, 0.05) is 18.5 Å². The first kappa shape index (κ1) is 27.8. The summed E-state index contributed by atoms with van der Waals surface area (Å²) in [6, 6.07) is 8.85. The van der Waals surface area contributed by atoms with E-state index in [4.69, 9.17) is 26.1 Å². The summed E-state index contributed by atoms with van der Waals surface area (Å²) >= 11 is 6.07. The number of aromatic hydroxyl groups is 2. The lowest BCUT2D eigenvalue weighted by atomic mass is 9.98. The highest BCUT2D eigenvalue weighted by atomic mass is 35.5. The Bertz CT molecular complexity index is 1290. The Kier molecular flexibility index (Phi) is 8.32. The van der Waals surface area contributed by atoms with Gasteiger partial charge in [-0.2, -0.15) is 0 Å². The summed E-state index contributed by atoms with van der Waals surface area (Å²) in [5.74, 6) is -1.13. The maximum absolute atomic E-state index is 13.5. The third-order valence-electron chi connectivity index (χ3n) is 6.16. The van der Waals surface area contributed by atoms with Crippen LogP contribution in [0.25, 0.3) is 22.5 Å². The molecule has 12 heteroatoms. The molecule has 5 N–H and O–H groups in total. The number of hydrogen-bond acceptors (Lipinski definition) is 9. The zero-order valence-electron chi connectivity index (χ0n) is 21.0. The number of carbonyl (C=O) groups excluding carboxylic acids is 2. The average molecular weight is 533 g/mol. The molecular formula is C25H29ClN4O7. The van der Waals surface area contributed by atoms with Gasteiger partial charge in [-0.1, -0.05) is 28.9 Å². The fourth-order valence-electron chi connectivity index (χ4n) is 3.81. The van der Waals surface area contributed by atoms with Crippen molar-refractivity contribution in [2.75, 3.05) is 14.2 Å². The number of benzene rings is 2.